The molecule has 3 heterocycles. The van der Waals surface area contributed by atoms with Crippen LogP contribution < -0.4 is 10.6 Å². The summed E-state index contributed by atoms with van der Waals surface area (Å²) in [7, 11) is -1.36. The van der Waals surface area contributed by atoms with Gasteiger partial charge < -0.3 is 10.2 Å². The third kappa shape index (κ3) is 6.68. The molecule has 2 aromatic carbocycles. The van der Waals surface area contributed by atoms with Crippen molar-refractivity contribution in [1.29, 1.82) is 0 Å². The summed E-state index contributed by atoms with van der Waals surface area (Å²) in [6.07, 6.45) is 4.74. The Bertz CT molecular complexity index is 1690. The number of amides is 2. The Morgan fingerprint density at radius 1 is 1.10 bits per heavy atom. The predicted octanol–water partition coefficient (Wildman–Crippen LogP) is 3.74. The van der Waals surface area contributed by atoms with Crippen LogP contribution in [0.2, 0.25) is 0 Å². The fourth-order valence-corrected chi connectivity index (χ4v) is 5.95. The van der Waals surface area contributed by atoms with Gasteiger partial charge in [0.15, 0.2) is 11.6 Å². The van der Waals surface area contributed by atoms with Crippen molar-refractivity contribution in [3.63, 3.8) is 0 Å². The molecule has 1 aliphatic heterocycles. The number of nitrogens with one attached hydrogen (secondary N) is 2. The lowest BCUT2D eigenvalue weighted by molar-refractivity contribution is 0.249. The first-order chi connectivity index (χ1) is 20.0. The Labute approximate surface area is 243 Å². The number of rotatable bonds is 9. The Balaban J connectivity index is 1.35. The Morgan fingerprint density at radius 3 is 2.52 bits per heavy atom. The zero-order valence-corrected chi connectivity index (χ0v) is 24.4. The molecular formula is C29H33F2N7O3S. The lowest BCUT2D eigenvalue weighted by Crippen LogP contribution is -2.36. The number of anilines is 1. The van der Waals surface area contributed by atoms with E-state index in [1.807, 2.05) is 55.4 Å². The number of likely N-dealkylation sites (tertiary alicyclic amines) is 1. The average Bonchev–Trinajstić information content (AvgIpc) is 3.65. The van der Waals surface area contributed by atoms with Crippen LogP contribution in [-0.4, -0.2) is 77.1 Å². The zero-order valence-electron chi connectivity index (χ0n) is 23.6. The Kier molecular flexibility index (Phi) is 8.41. The van der Waals surface area contributed by atoms with Crippen molar-refractivity contribution >= 4 is 21.7 Å². The number of hydrogen-bond donors (Lipinski definition) is 2. The molecule has 1 unspecified atom stereocenters. The van der Waals surface area contributed by atoms with E-state index in [9.17, 15) is 22.0 Å². The smallest absolute Gasteiger partial charge is 0.320 e. The van der Waals surface area contributed by atoms with Crippen LogP contribution in [0.3, 0.4) is 0 Å². The van der Waals surface area contributed by atoms with Gasteiger partial charge in [-0.3, -0.25) is 10.00 Å². The van der Waals surface area contributed by atoms with E-state index in [-0.39, 0.29) is 24.1 Å². The van der Waals surface area contributed by atoms with Crippen LogP contribution in [0.4, 0.5) is 19.4 Å². The van der Waals surface area contributed by atoms with Gasteiger partial charge in [-0.25, -0.2) is 26.7 Å². The summed E-state index contributed by atoms with van der Waals surface area (Å²) in [4.78, 5) is 15.2. The van der Waals surface area contributed by atoms with Gasteiger partial charge in [0.1, 0.15) is 21.3 Å². The number of aromatic nitrogens is 4. The summed E-state index contributed by atoms with van der Waals surface area (Å²) in [5.41, 5.74) is 3.61. The van der Waals surface area contributed by atoms with E-state index in [0.29, 0.717) is 36.7 Å². The van der Waals surface area contributed by atoms with Gasteiger partial charge >= 0.3 is 6.03 Å². The quantitative estimate of drug-likeness (QED) is 0.304. The molecule has 2 amide bonds. The number of urea groups is 1. The summed E-state index contributed by atoms with van der Waals surface area (Å²) >= 11 is 0. The molecule has 10 nitrogen and oxygen atoms in total. The van der Waals surface area contributed by atoms with E-state index in [2.05, 4.69) is 15.7 Å². The molecule has 5 rings (SSSR count). The molecular weight excluding hydrogens is 564 g/mol. The second-order valence-electron chi connectivity index (χ2n) is 10.7. The maximum Gasteiger partial charge on any atom is 0.320 e. The van der Waals surface area contributed by atoms with Gasteiger partial charge in [-0.2, -0.15) is 10.2 Å². The van der Waals surface area contributed by atoms with Crippen molar-refractivity contribution in [3.05, 3.63) is 83.7 Å². The number of aryl methyl sites for hydroxylation is 1. The highest BCUT2D eigenvalue weighted by atomic mass is 32.2. The number of hydrogen-bond acceptors (Lipinski definition) is 6. The number of para-hydroxylation sites is 1. The van der Waals surface area contributed by atoms with Crippen molar-refractivity contribution in [3.8, 4) is 16.9 Å². The van der Waals surface area contributed by atoms with E-state index in [4.69, 9.17) is 5.10 Å². The molecule has 2 atom stereocenters. The number of carbonyl (C=O) groups is 1. The molecule has 2 aromatic heterocycles. The Hall–Kier alpha value is -4.10. The summed E-state index contributed by atoms with van der Waals surface area (Å²) < 4.78 is 54.6. The van der Waals surface area contributed by atoms with Crippen LogP contribution in [0.25, 0.3) is 16.9 Å². The van der Waals surface area contributed by atoms with Crippen LogP contribution in [0, 0.1) is 24.5 Å². The monoisotopic (exact) mass is 597 g/mol. The molecule has 4 aromatic rings. The van der Waals surface area contributed by atoms with Crippen molar-refractivity contribution < 1.29 is 22.0 Å². The van der Waals surface area contributed by atoms with Gasteiger partial charge in [0.05, 0.1) is 17.6 Å². The Morgan fingerprint density at radius 2 is 1.86 bits per heavy atom. The SMILES string of the molecule is Cc1c(-c2cnn(C)c2)nn(-c2ccccc2)c1NC(=O)NCC1CN(CCS(C)(=O)=O)C[C@H]1c1ccc(F)c(F)c1. The highest BCUT2D eigenvalue weighted by Gasteiger charge is 2.34. The molecule has 1 fully saturated rings. The fraction of sp³-hybridized carbons (Fsp3) is 0.345. The van der Waals surface area contributed by atoms with Crippen molar-refractivity contribution in [1.82, 2.24) is 29.8 Å². The molecule has 0 spiro atoms. The first kappa shape index (κ1) is 29.4. The number of sulfone groups is 1. The highest BCUT2D eigenvalue weighted by molar-refractivity contribution is 7.90. The van der Waals surface area contributed by atoms with Gasteiger partial charge in [-0.15, -0.1) is 0 Å². The van der Waals surface area contributed by atoms with Gasteiger partial charge in [0.2, 0.25) is 0 Å². The summed E-state index contributed by atoms with van der Waals surface area (Å²) in [5, 5.41) is 14.9. The molecule has 42 heavy (non-hydrogen) atoms. The standard InChI is InChI=1S/C29H33F2N7O3S/c1-19-27(22-15-33-36(2)16-22)35-38(23-7-5-4-6-8-23)28(19)34-29(39)32-14-21-17-37(11-12-42(3,40)41)18-24(21)20-9-10-25(30)26(31)13-20/h4-10,13,15-16,21,24H,11-12,14,17-18H2,1-3H3,(H2,32,34,39)/t21?,24-/m0/s1. The van der Waals surface area contributed by atoms with Crippen molar-refractivity contribution in [2.24, 2.45) is 13.0 Å². The van der Waals surface area contributed by atoms with E-state index in [1.165, 1.54) is 18.4 Å². The topological polar surface area (TPSA) is 114 Å². The second kappa shape index (κ2) is 12.0. The van der Waals surface area contributed by atoms with Crippen LogP contribution in [0.1, 0.15) is 17.0 Å². The molecule has 2 N–H and O–H groups in total. The molecule has 0 aliphatic carbocycles. The maximum atomic E-state index is 14.1. The molecule has 1 aliphatic rings. The van der Waals surface area contributed by atoms with Gasteiger partial charge in [-0.1, -0.05) is 24.3 Å². The molecule has 222 valence electrons. The lowest BCUT2D eigenvalue weighted by atomic mass is 9.89. The van der Waals surface area contributed by atoms with Gasteiger partial charge in [0.25, 0.3) is 0 Å². The van der Waals surface area contributed by atoms with Crippen molar-refractivity contribution in [2.75, 3.05) is 43.5 Å². The van der Waals surface area contributed by atoms with Crippen LogP contribution in [0.15, 0.2) is 60.9 Å². The largest absolute Gasteiger partial charge is 0.337 e. The highest BCUT2D eigenvalue weighted by Crippen LogP contribution is 2.34. The van der Waals surface area contributed by atoms with Gasteiger partial charge in [-0.05, 0) is 42.7 Å². The molecule has 0 radical (unpaired) electrons. The summed E-state index contributed by atoms with van der Waals surface area (Å²) in [6, 6.07) is 12.8. The minimum absolute atomic E-state index is 0.0137. The zero-order chi connectivity index (χ0) is 30.0. The first-order valence-electron chi connectivity index (χ1n) is 13.5. The number of benzene rings is 2. The lowest BCUT2D eigenvalue weighted by Gasteiger charge is -2.20. The molecule has 0 bridgehead atoms. The maximum absolute atomic E-state index is 14.1. The molecule has 1 saturated heterocycles. The van der Waals surface area contributed by atoms with Crippen molar-refractivity contribution in [2.45, 2.75) is 12.8 Å². The minimum Gasteiger partial charge on any atom is -0.337 e. The number of nitrogens with zero attached hydrogens (tertiary/aromatic N) is 5. The fourth-order valence-electron chi connectivity index (χ4n) is 5.36. The minimum atomic E-state index is -3.18. The van der Waals surface area contributed by atoms with Crippen LogP contribution in [-0.2, 0) is 16.9 Å². The van der Waals surface area contributed by atoms with E-state index >= 15 is 0 Å². The molecule has 13 heteroatoms. The van der Waals surface area contributed by atoms with Gasteiger partial charge in [0, 0.05) is 62.7 Å². The van der Waals surface area contributed by atoms with Crippen LogP contribution >= 0.6 is 0 Å². The van der Waals surface area contributed by atoms with Crippen LogP contribution in [0.5, 0.6) is 0 Å². The van der Waals surface area contributed by atoms with E-state index in [0.717, 1.165) is 22.9 Å². The summed E-state index contributed by atoms with van der Waals surface area (Å²) in [6.45, 7) is 3.38. The molecule has 0 saturated carbocycles. The predicted molar refractivity (Wildman–Crippen MR) is 156 cm³/mol. The number of halogens is 2. The number of carbonyl (C=O) groups excluding carboxylic acids is 1. The van der Waals surface area contributed by atoms with E-state index < -0.39 is 27.5 Å². The van der Waals surface area contributed by atoms with E-state index in [1.54, 1.807) is 15.6 Å². The first-order valence-corrected chi connectivity index (χ1v) is 15.6. The third-order valence-corrected chi connectivity index (χ3v) is 8.45. The normalized spacial score (nSPS) is 17.5. The third-order valence-electron chi connectivity index (χ3n) is 7.52. The second-order valence-corrected chi connectivity index (χ2v) is 13.0. The average molecular weight is 598 g/mol. The summed E-state index contributed by atoms with van der Waals surface area (Å²) in [5.74, 6) is -1.78.